The SMILES string of the molecule is CCOc1cc(NC(=NC)NCCOc2ccccc2)ccc1OC. The summed E-state index contributed by atoms with van der Waals surface area (Å²) in [5.74, 6) is 2.90. The first-order chi connectivity index (χ1) is 12.3. The molecule has 2 rings (SSSR count). The van der Waals surface area contributed by atoms with E-state index in [1.54, 1.807) is 14.2 Å². The lowest BCUT2D eigenvalue weighted by atomic mass is 10.2. The van der Waals surface area contributed by atoms with Crippen molar-refractivity contribution in [3.05, 3.63) is 48.5 Å². The van der Waals surface area contributed by atoms with Crippen molar-refractivity contribution in [2.45, 2.75) is 6.92 Å². The van der Waals surface area contributed by atoms with Crippen molar-refractivity contribution in [1.82, 2.24) is 5.32 Å². The Balaban J connectivity index is 1.86. The van der Waals surface area contributed by atoms with Gasteiger partial charge in [0, 0.05) is 18.8 Å². The standard InChI is InChI=1S/C19H25N3O3/c1-4-24-18-14-15(10-11-17(18)23-3)22-19(20-2)21-12-13-25-16-8-6-5-7-9-16/h5-11,14H,4,12-13H2,1-3H3,(H2,20,21,22). The predicted molar refractivity (Wildman–Crippen MR) is 101 cm³/mol. The van der Waals surface area contributed by atoms with Crippen molar-refractivity contribution in [3.63, 3.8) is 0 Å². The monoisotopic (exact) mass is 343 g/mol. The Morgan fingerprint density at radius 2 is 1.84 bits per heavy atom. The summed E-state index contributed by atoms with van der Waals surface area (Å²) in [4.78, 5) is 4.21. The van der Waals surface area contributed by atoms with Gasteiger partial charge in [-0.2, -0.15) is 0 Å². The van der Waals surface area contributed by atoms with E-state index in [2.05, 4.69) is 15.6 Å². The predicted octanol–water partition coefficient (Wildman–Crippen LogP) is 3.16. The normalized spacial score (nSPS) is 10.9. The van der Waals surface area contributed by atoms with Gasteiger partial charge in [-0.3, -0.25) is 4.99 Å². The van der Waals surface area contributed by atoms with Crippen LogP contribution in [-0.2, 0) is 0 Å². The molecule has 6 heteroatoms. The number of para-hydroxylation sites is 1. The first-order valence-corrected chi connectivity index (χ1v) is 8.23. The summed E-state index contributed by atoms with van der Waals surface area (Å²) in [7, 11) is 3.35. The number of rotatable bonds is 8. The fourth-order valence-corrected chi connectivity index (χ4v) is 2.19. The summed E-state index contributed by atoms with van der Waals surface area (Å²) >= 11 is 0. The third kappa shape index (κ3) is 5.91. The van der Waals surface area contributed by atoms with Gasteiger partial charge in [0.25, 0.3) is 0 Å². The largest absolute Gasteiger partial charge is 0.493 e. The summed E-state index contributed by atoms with van der Waals surface area (Å²) < 4.78 is 16.5. The molecule has 0 aliphatic rings. The molecular formula is C19H25N3O3. The molecule has 2 aromatic rings. The van der Waals surface area contributed by atoms with Gasteiger partial charge in [0.05, 0.1) is 20.3 Å². The number of guanidine groups is 1. The quantitative estimate of drug-likeness (QED) is 0.438. The summed E-state index contributed by atoms with van der Waals surface area (Å²) in [5.41, 5.74) is 0.862. The Morgan fingerprint density at radius 3 is 2.52 bits per heavy atom. The zero-order valence-electron chi connectivity index (χ0n) is 14.9. The summed E-state index contributed by atoms with van der Waals surface area (Å²) in [6, 6.07) is 15.4. The molecular weight excluding hydrogens is 318 g/mol. The van der Waals surface area contributed by atoms with Crippen molar-refractivity contribution in [2.24, 2.45) is 4.99 Å². The second kappa shape index (κ2) is 10.1. The molecule has 0 atom stereocenters. The number of nitrogens with one attached hydrogen (secondary N) is 2. The summed E-state index contributed by atoms with van der Waals surface area (Å²) in [6.45, 7) is 3.68. The third-order valence-electron chi connectivity index (χ3n) is 3.36. The van der Waals surface area contributed by atoms with Crippen LogP contribution < -0.4 is 24.8 Å². The average Bonchev–Trinajstić information content (AvgIpc) is 2.65. The minimum atomic E-state index is 0.539. The fraction of sp³-hybridized carbons (Fsp3) is 0.316. The van der Waals surface area contributed by atoms with E-state index in [-0.39, 0.29) is 0 Å². The van der Waals surface area contributed by atoms with Gasteiger partial charge in [0.1, 0.15) is 12.4 Å². The van der Waals surface area contributed by atoms with Crippen LogP contribution in [0, 0.1) is 0 Å². The Hall–Kier alpha value is -2.89. The molecule has 0 bridgehead atoms. The molecule has 0 fully saturated rings. The number of benzene rings is 2. The number of ether oxygens (including phenoxy) is 3. The highest BCUT2D eigenvalue weighted by atomic mass is 16.5. The summed E-state index contributed by atoms with van der Waals surface area (Å²) in [5, 5.41) is 6.44. The van der Waals surface area contributed by atoms with Gasteiger partial charge in [0.2, 0.25) is 0 Å². The van der Waals surface area contributed by atoms with Crippen LogP contribution in [0.1, 0.15) is 6.92 Å². The van der Waals surface area contributed by atoms with Crippen molar-refractivity contribution in [1.29, 1.82) is 0 Å². The van der Waals surface area contributed by atoms with E-state index in [0.717, 1.165) is 11.4 Å². The van der Waals surface area contributed by atoms with Gasteiger partial charge in [-0.15, -0.1) is 0 Å². The zero-order valence-corrected chi connectivity index (χ0v) is 14.9. The molecule has 134 valence electrons. The number of hydrogen-bond acceptors (Lipinski definition) is 4. The Kier molecular flexibility index (Phi) is 7.43. The Bertz CT molecular complexity index is 675. The highest BCUT2D eigenvalue weighted by Gasteiger charge is 2.06. The molecule has 0 spiro atoms. The first kappa shape index (κ1) is 18.4. The van der Waals surface area contributed by atoms with Crippen LogP contribution in [0.5, 0.6) is 17.2 Å². The second-order valence-corrected chi connectivity index (χ2v) is 5.08. The van der Waals surface area contributed by atoms with E-state index < -0.39 is 0 Å². The molecule has 0 aromatic heterocycles. The molecule has 2 aromatic carbocycles. The maximum atomic E-state index is 5.65. The van der Waals surface area contributed by atoms with Crippen LogP contribution in [0.3, 0.4) is 0 Å². The molecule has 0 amide bonds. The van der Waals surface area contributed by atoms with Crippen LogP contribution in [0.15, 0.2) is 53.5 Å². The second-order valence-electron chi connectivity index (χ2n) is 5.08. The van der Waals surface area contributed by atoms with Gasteiger partial charge in [-0.05, 0) is 31.2 Å². The lowest BCUT2D eigenvalue weighted by Gasteiger charge is -2.15. The van der Waals surface area contributed by atoms with Gasteiger partial charge >= 0.3 is 0 Å². The maximum absolute atomic E-state index is 5.65. The minimum absolute atomic E-state index is 0.539. The maximum Gasteiger partial charge on any atom is 0.195 e. The van der Waals surface area contributed by atoms with E-state index in [4.69, 9.17) is 14.2 Å². The van der Waals surface area contributed by atoms with Crippen LogP contribution in [0.25, 0.3) is 0 Å². The topological polar surface area (TPSA) is 64.1 Å². The highest BCUT2D eigenvalue weighted by Crippen LogP contribution is 2.30. The van der Waals surface area contributed by atoms with Crippen molar-refractivity contribution >= 4 is 11.6 Å². The Labute approximate surface area is 148 Å². The van der Waals surface area contributed by atoms with Gasteiger partial charge in [-0.1, -0.05) is 18.2 Å². The van der Waals surface area contributed by atoms with Crippen molar-refractivity contribution < 1.29 is 14.2 Å². The molecule has 0 saturated carbocycles. The fourth-order valence-electron chi connectivity index (χ4n) is 2.19. The highest BCUT2D eigenvalue weighted by molar-refractivity contribution is 5.93. The smallest absolute Gasteiger partial charge is 0.195 e. The molecule has 0 aliphatic heterocycles. The number of hydrogen-bond donors (Lipinski definition) is 2. The van der Waals surface area contributed by atoms with Crippen LogP contribution in [-0.4, -0.2) is 39.9 Å². The Morgan fingerprint density at radius 1 is 1.04 bits per heavy atom. The zero-order chi connectivity index (χ0) is 17.9. The molecule has 0 heterocycles. The average molecular weight is 343 g/mol. The van der Waals surface area contributed by atoms with Crippen LogP contribution >= 0.6 is 0 Å². The van der Waals surface area contributed by atoms with Crippen molar-refractivity contribution in [3.8, 4) is 17.2 Å². The summed E-state index contributed by atoms with van der Waals surface area (Å²) in [6.07, 6.45) is 0. The molecule has 2 N–H and O–H groups in total. The van der Waals surface area contributed by atoms with E-state index in [1.165, 1.54) is 0 Å². The lowest BCUT2D eigenvalue weighted by molar-refractivity contribution is 0.311. The molecule has 0 saturated heterocycles. The molecule has 25 heavy (non-hydrogen) atoms. The minimum Gasteiger partial charge on any atom is -0.493 e. The first-order valence-electron chi connectivity index (χ1n) is 8.23. The van der Waals surface area contributed by atoms with Crippen molar-refractivity contribution in [2.75, 3.05) is 39.2 Å². The molecule has 0 aliphatic carbocycles. The van der Waals surface area contributed by atoms with Gasteiger partial charge in [-0.25, -0.2) is 0 Å². The number of nitrogens with zero attached hydrogens (tertiary/aromatic N) is 1. The number of aliphatic imine (C=N–C) groups is 1. The van der Waals surface area contributed by atoms with E-state index in [1.807, 2.05) is 55.5 Å². The molecule has 0 radical (unpaired) electrons. The lowest BCUT2D eigenvalue weighted by Crippen LogP contribution is -2.33. The van der Waals surface area contributed by atoms with Gasteiger partial charge < -0.3 is 24.8 Å². The van der Waals surface area contributed by atoms with E-state index in [9.17, 15) is 0 Å². The number of anilines is 1. The van der Waals surface area contributed by atoms with Crippen LogP contribution in [0.4, 0.5) is 5.69 Å². The number of methoxy groups -OCH3 is 1. The third-order valence-corrected chi connectivity index (χ3v) is 3.36. The van der Waals surface area contributed by atoms with Gasteiger partial charge in [0.15, 0.2) is 17.5 Å². The molecule has 6 nitrogen and oxygen atoms in total. The van der Waals surface area contributed by atoms with Crippen LogP contribution in [0.2, 0.25) is 0 Å². The van der Waals surface area contributed by atoms with E-state index >= 15 is 0 Å². The van der Waals surface area contributed by atoms with E-state index in [0.29, 0.717) is 37.2 Å². The molecule has 0 unspecified atom stereocenters.